The van der Waals surface area contributed by atoms with E-state index >= 15 is 0 Å². The molecule has 0 atom stereocenters. The fourth-order valence-electron chi connectivity index (χ4n) is 5.01. The van der Waals surface area contributed by atoms with Crippen molar-refractivity contribution in [1.29, 1.82) is 0 Å². The van der Waals surface area contributed by atoms with Gasteiger partial charge in [0.1, 0.15) is 0 Å². The zero-order valence-corrected chi connectivity index (χ0v) is 17.1. The number of fused-ring (bicyclic) bond motifs is 4. The molecule has 0 fully saturated rings. The first-order valence-electron chi connectivity index (χ1n) is 10.5. The van der Waals surface area contributed by atoms with Crippen molar-refractivity contribution in [3.05, 3.63) is 101 Å². The lowest BCUT2D eigenvalue weighted by Crippen LogP contribution is -2.07. The zero-order valence-electron chi connectivity index (χ0n) is 16.3. The number of allylic oxidation sites excluding steroid dienone is 4. The van der Waals surface area contributed by atoms with Crippen molar-refractivity contribution in [2.75, 3.05) is 0 Å². The standard InChI is InChI=1S/C28H22S/c1-2-7-19(8-3-1)26-18-22(27-11-6-16-29-27)17-21-13-14-24-23-10-5-4-9-20(23)12-15-25(24)28(21)26/h1-3,5-8,10-11,13-14,16-18H,4,9,12,15H2. The molecule has 4 aromatic rings. The maximum absolute atomic E-state index is 2.41. The molecule has 2 aliphatic rings. The Balaban J connectivity index is 1.68. The molecular weight excluding hydrogens is 368 g/mol. The van der Waals surface area contributed by atoms with E-state index in [-0.39, 0.29) is 0 Å². The molecule has 0 unspecified atom stereocenters. The molecule has 0 saturated heterocycles. The van der Waals surface area contributed by atoms with Crippen molar-refractivity contribution >= 4 is 27.7 Å². The lowest BCUT2D eigenvalue weighted by atomic mass is 9.78. The largest absolute Gasteiger partial charge is 0.144 e. The predicted octanol–water partition coefficient (Wildman–Crippen LogP) is 8.29. The molecule has 0 nitrogen and oxygen atoms in total. The Morgan fingerprint density at radius 1 is 0.724 bits per heavy atom. The first-order chi connectivity index (χ1) is 14.4. The fourth-order valence-corrected chi connectivity index (χ4v) is 5.73. The smallest absolute Gasteiger partial charge is 0.0343 e. The fraction of sp³-hybridized carbons (Fsp3) is 0.143. The maximum atomic E-state index is 2.41. The first-order valence-corrected chi connectivity index (χ1v) is 11.3. The van der Waals surface area contributed by atoms with Crippen LogP contribution in [-0.4, -0.2) is 0 Å². The molecule has 0 aliphatic heterocycles. The molecule has 1 heterocycles. The van der Waals surface area contributed by atoms with Crippen molar-refractivity contribution in [1.82, 2.24) is 0 Å². The van der Waals surface area contributed by atoms with E-state index in [9.17, 15) is 0 Å². The minimum atomic E-state index is 1.15. The van der Waals surface area contributed by atoms with E-state index in [4.69, 9.17) is 0 Å². The summed E-state index contributed by atoms with van der Waals surface area (Å²) in [5.41, 5.74) is 10.1. The highest BCUT2D eigenvalue weighted by Crippen LogP contribution is 2.44. The first kappa shape index (κ1) is 17.0. The van der Waals surface area contributed by atoms with Gasteiger partial charge in [-0.15, -0.1) is 11.3 Å². The van der Waals surface area contributed by atoms with Crippen LogP contribution in [-0.2, 0) is 6.42 Å². The lowest BCUT2D eigenvalue weighted by molar-refractivity contribution is 0.831. The van der Waals surface area contributed by atoms with Gasteiger partial charge in [-0.1, -0.05) is 66.3 Å². The molecule has 140 valence electrons. The van der Waals surface area contributed by atoms with Gasteiger partial charge in [0.25, 0.3) is 0 Å². The van der Waals surface area contributed by atoms with Gasteiger partial charge in [-0.3, -0.25) is 0 Å². The van der Waals surface area contributed by atoms with E-state index in [1.54, 1.807) is 5.57 Å². The molecule has 2 aliphatic carbocycles. The Bertz CT molecular complexity index is 1270. The summed E-state index contributed by atoms with van der Waals surface area (Å²) in [6.07, 6.45) is 9.48. The number of benzene rings is 3. The molecule has 6 rings (SSSR count). The molecule has 0 N–H and O–H groups in total. The summed E-state index contributed by atoms with van der Waals surface area (Å²) in [5, 5.41) is 4.97. The predicted molar refractivity (Wildman–Crippen MR) is 126 cm³/mol. The Hall–Kier alpha value is -2.90. The quantitative estimate of drug-likeness (QED) is 0.323. The van der Waals surface area contributed by atoms with Gasteiger partial charge in [-0.05, 0) is 93.4 Å². The van der Waals surface area contributed by atoms with Crippen LogP contribution in [0.1, 0.15) is 30.4 Å². The molecule has 1 aromatic heterocycles. The Morgan fingerprint density at radius 3 is 2.52 bits per heavy atom. The van der Waals surface area contributed by atoms with Gasteiger partial charge in [0.2, 0.25) is 0 Å². The van der Waals surface area contributed by atoms with E-state index in [0.29, 0.717) is 0 Å². The Kier molecular flexibility index (Phi) is 4.02. The van der Waals surface area contributed by atoms with Gasteiger partial charge in [-0.2, -0.15) is 0 Å². The molecule has 0 amide bonds. The van der Waals surface area contributed by atoms with Crippen molar-refractivity contribution in [3.8, 4) is 21.6 Å². The van der Waals surface area contributed by atoms with Crippen LogP contribution in [0.5, 0.6) is 0 Å². The third-order valence-corrected chi connectivity index (χ3v) is 7.28. The second-order valence-corrected chi connectivity index (χ2v) is 8.96. The van der Waals surface area contributed by atoms with Crippen LogP contribution in [0.3, 0.4) is 0 Å². The summed E-state index contributed by atoms with van der Waals surface area (Å²) >= 11 is 1.82. The summed E-state index contributed by atoms with van der Waals surface area (Å²) in [4.78, 5) is 1.34. The minimum Gasteiger partial charge on any atom is -0.144 e. The molecule has 0 bridgehead atoms. The second-order valence-electron chi connectivity index (χ2n) is 8.02. The van der Waals surface area contributed by atoms with Crippen molar-refractivity contribution < 1.29 is 0 Å². The molecule has 1 heteroatoms. The van der Waals surface area contributed by atoms with Crippen LogP contribution in [0.25, 0.3) is 37.9 Å². The maximum Gasteiger partial charge on any atom is 0.0343 e. The average molecular weight is 391 g/mol. The molecular formula is C28H22S. The number of aryl methyl sites for hydroxylation is 1. The molecule has 0 saturated carbocycles. The topological polar surface area (TPSA) is 0 Å². The van der Waals surface area contributed by atoms with Gasteiger partial charge in [-0.25, -0.2) is 0 Å². The van der Waals surface area contributed by atoms with Crippen LogP contribution in [0.15, 0.2) is 89.8 Å². The highest BCUT2D eigenvalue weighted by atomic mass is 32.1. The second kappa shape index (κ2) is 6.86. The van der Waals surface area contributed by atoms with Gasteiger partial charge >= 0.3 is 0 Å². The van der Waals surface area contributed by atoms with E-state index in [1.165, 1.54) is 68.3 Å². The van der Waals surface area contributed by atoms with Crippen molar-refractivity contribution in [3.63, 3.8) is 0 Å². The van der Waals surface area contributed by atoms with Crippen LogP contribution in [0.2, 0.25) is 0 Å². The van der Waals surface area contributed by atoms with E-state index in [0.717, 1.165) is 6.42 Å². The van der Waals surface area contributed by atoms with Crippen molar-refractivity contribution in [2.24, 2.45) is 0 Å². The number of hydrogen-bond acceptors (Lipinski definition) is 1. The molecule has 29 heavy (non-hydrogen) atoms. The Labute approximate surface area is 175 Å². The van der Waals surface area contributed by atoms with Gasteiger partial charge in [0.15, 0.2) is 0 Å². The van der Waals surface area contributed by atoms with Crippen LogP contribution < -0.4 is 0 Å². The average Bonchev–Trinajstić information content (AvgIpc) is 3.33. The van der Waals surface area contributed by atoms with Crippen molar-refractivity contribution in [2.45, 2.75) is 25.7 Å². The molecule has 0 spiro atoms. The summed E-state index contributed by atoms with van der Waals surface area (Å²) in [7, 11) is 0. The van der Waals surface area contributed by atoms with Gasteiger partial charge < -0.3 is 0 Å². The van der Waals surface area contributed by atoms with Crippen LogP contribution in [0, 0.1) is 0 Å². The van der Waals surface area contributed by atoms with Gasteiger partial charge in [0, 0.05) is 4.88 Å². The molecule has 3 aromatic carbocycles. The number of hydrogen-bond donors (Lipinski definition) is 0. The monoisotopic (exact) mass is 390 g/mol. The van der Waals surface area contributed by atoms with Gasteiger partial charge in [0.05, 0.1) is 0 Å². The number of rotatable bonds is 2. The summed E-state index contributed by atoms with van der Waals surface area (Å²) in [6.45, 7) is 0. The summed E-state index contributed by atoms with van der Waals surface area (Å²) in [5.74, 6) is 0. The van der Waals surface area contributed by atoms with E-state index < -0.39 is 0 Å². The summed E-state index contributed by atoms with van der Waals surface area (Å²) in [6, 6.07) is 24.8. The van der Waals surface area contributed by atoms with Crippen LogP contribution in [0.4, 0.5) is 0 Å². The van der Waals surface area contributed by atoms with Crippen LogP contribution >= 0.6 is 11.3 Å². The zero-order chi connectivity index (χ0) is 19.2. The SMILES string of the molecule is C1=CC2=C(CC1)CCc1c2ccc2cc(-c3cccs3)cc(-c3ccccc3)c12. The highest BCUT2D eigenvalue weighted by molar-refractivity contribution is 7.13. The molecule has 0 radical (unpaired) electrons. The third-order valence-electron chi connectivity index (χ3n) is 6.36. The van der Waals surface area contributed by atoms with E-state index in [2.05, 4.69) is 84.3 Å². The lowest BCUT2D eigenvalue weighted by Gasteiger charge is -2.26. The third kappa shape index (κ3) is 2.81. The number of thiophene rings is 1. The highest BCUT2D eigenvalue weighted by Gasteiger charge is 2.22. The summed E-state index contributed by atoms with van der Waals surface area (Å²) < 4.78 is 0. The normalized spacial score (nSPS) is 15.4. The van der Waals surface area contributed by atoms with E-state index in [1.807, 2.05) is 11.3 Å². The Morgan fingerprint density at radius 2 is 1.66 bits per heavy atom. The minimum absolute atomic E-state index is 1.15.